The molecule has 4 aliphatic rings. The van der Waals surface area contributed by atoms with Gasteiger partial charge in [-0.25, -0.2) is 0 Å². The minimum atomic E-state index is -0.876. The van der Waals surface area contributed by atoms with Crippen LogP contribution in [0.2, 0.25) is 0 Å². The summed E-state index contributed by atoms with van der Waals surface area (Å²) in [6, 6.07) is 18.9. The molecule has 3 aromatic carbocycles. The van der Waals surface area contributed by atoms with E-state index < -0.39 is 13.2 Å². The molecule has 0 bridgehead atoms. The van der Waals surface area contributed by atoms with Crippen LogP contribution < -0.4 is 15.5 Å². The number of nitriles is 1. The van der Waals surface area contributed by atoms with Crippen molar-refractivity contribution in [2.75, 3.05) is 19.6 Å². The highest BCUT2D eigenvalue weighted by molar-refractivity contribution is 6.61. The van der Waals surface area contributed by atoms with Gasteiger partial charge in [0.05, 0.1) is 18.2 Å². The monoisotopic (exact) mass is 674 g/mol. The van der Waals surface area contributed by atoms with Gasteiger partial charge < -0.3 is 24.2 Å². The summed E-state index contributed by atoms with van der Waals surface area (Å²) in [4.78, 5) is 41.6. The van der Waals surface area contributed by atoms with Gasteiger partial charge >= 0.3 is 7.12 Å². The number of piperidine rings is 2. The molecule has 1 atom stereocenters. The largest absolute Gasteiger partial charge is 0.491 e. The Hall–Kier alpha value is -4.50. The van der Waals surface area contributed by atoms with E-state index in [1.807, 2.05) is 48.5 Å². The Morgan fingerprint density at radius 2 is 1.74 bits per heavy atom. The maximum atomic E-state index is 13.3. The van der Waals surface area contributed by atoms with Gasteiger partial charge in [-0.05, 0) is 128 Å². The number of ether oxygens (including phenoxy) is 1. The third-order valence-corrected chi connectivity index (χ3v) is 10.8. The molecule has 4 heterocycles. The van der Waals surface area contributed by atoms with Crippen LogP contribution in [0.3, 0.4) is 0 Å². The predicted octanol–water partition coefficient (Wildman–Crippen LogP) is 4.70. The molecule has 258 valence electrons. The predicted molar refractivity (Wildman–Crippen MR) is 188 cm³/mol. The maximum absolute atomic E-state index is 13.3. The first kappa shape index (κ1) is 34.0. The first-order valence-electron chi connectivity index (χ1n) is 18.0. The van der Waals surface area contributed by atoms with Gasteiger partial charge in [-0.2, -0.15) is 5.26 Å². The van der Waals surface area contributed by atoms with Gasteiger partial charge in [0.15, 0.2) is 0 Å². The second kappa shape index (κ2) is 15.2. The van der Waals surface area contributed by atoms with Gasteiger partial charge in [0.1, 0.15) is 17.5 Å². The summed E-state index contributed by atoms with van der Waals surface area (Å²) in [7, 11) is -0.876. The van der Waals surface area contributed by atoms with Gasteiger partial charge in [0, 0.05) is 18.5 Å². The molecule has 50 heavy (non-hydrogen) atoms. The zero-order valence-corrected chi connectivity index (χ0v) is 28.4. The molecular weight excluding hydrogens is 631 g/mol. The van der Waals surface area contributed by atoms with Gasteiger partial charge in [0.25, 0.3) is 5.91 Å². The van der Waals surface area contributed by atoms with E-state index >= 15 is 0 Å². The first-order valence-corrected chi connectivity index (χ1v) is 18.0. The summed E-state index contributed by atoms with van der Waals surface area (Å²) >= 11 is 0. The number of carbonyl (C=O) groups is 3. The highest BCUT2D eigenvalue weighted by atomic mass is 16.5. The molecule has 11 heteroatoms. The third-order valence-electron chi connectivity index (χ3n) is 10.8. The third kappa shape index (κ3) is 7.34. The van der Waals surface area contributed by atoms with Crippen LogP contribution in [0.5, 0.6) is 11.5 Å². The van der Waals surface area contributed by atoms with E-state index in [0.29, 0.717) is 48.1 Å². The van der Waals surface area contributed by atoms with Crippen LogP contribution in [0.15, 0.2) is 54.6 Å². The Balaban J connectivity index is 0.825. The molecule has 10 nitrogen and oxygen atoms in total. The molecule has 2 fully saturated rings. The number of hydrogen-bond acceptors (Lipinski definition) is 8. The minimum absolute atomic E-state index is 0.105. The fourth-order valence-corrected chi connectivity index (χ4v) is 8.00. The number of nitrogens with one attached hydrogen (secondary N) is 1. The molecule has 0 aromatic heterocycles. The van der Waals surface area contributed by atoms with Crippen molar-refractivity contribution in [1.82, 2.24) is 15.1 Å². The molecule has 2 saturated heterocycles. The smallest absolute Gasteiger partial charge is 0.457 e. The van der Waals surface area contributed by atoms with Crippen LogP contribution in [0, 0.1) is 11.3 Å². The number of benzene rings is 3. The summed E-state index contributed by atoms with van der Waals surface area (Å²) in [6.07, 6.45) is 9.20. The summed E-state index contributed by atoms with van der Waals surface area (Å²) in [5, 5.41) is 21.9. The SMILES string of the molecule is N#Cc1ccc(Oc2ccc3c(c2)COB3O)cc1CCCCCCCN1CCC(c2cccc3c2CN(C2CCC(=O)NC2=O)C3=O)CC1. The van der Waals surface area contributed by atoms with E-state index in [0.717, 1.165) is 86.7 Å². The summed E-state index contributed by atoms with van der Waals surface area (Å²) in [5.41, 5.74) is 6.38. The number of imide groups is 1. The topological polar surface area (TPSA) is 132 Å². The molecule has 2 N–H and O–H groups in total. The Bertz CT molecular complexity index is 1820. The van der Waals surface area contributed by atoms with Crippen LogP contribution in [-0.4, -0.2) is 65.3 Å². The van der Waals surface area contributed by atoms with Crippen LogP contribution >= 0.6 is 0 Å². The van der Waals surface area contributed by atoms with E-state index in [1.54, 1.807) is 4.90 Å². The number of carbonyl (C=O) groups excluding carboxylic acids is 3. The summed E-state index contributed by atoms with van der Waals surface area (Å²) < 4.78 is 11.4. The number of fused-ring (bicyclic) bond motifs is 2. The van der Waals surface area contributed by atoms with Crippen molar-refractivity contribution in [1.29, 1.82) is 5.26 Å². The lowest BCUT2D eigenvalue weighted by molar-refractivity contribution is -0.136. The average Bonchev–Trinajstić information content (AvgIpc) is 3.66. The normalized spacial score (nSPS) is 19.4. The lowest BCUT2D eigenvalue weighted by Gasteiger charge is -2.33. The van der Waals surface area contributed by atoms with Gasteiger partial charge in [-0.15, -0.1) is 0 Å². The van der Waals surface area contributed by atoms with Crippen molar-refractivity contribution in [2.45, 2.75) is 89.3 Å². The Morgan fingerprint density at radius 3 is 2.56 bits per heavy atom. The minimum Gasteiger partial charge on any atom is -0.457 e. The molecule has 7 rings (SSSR count). The quantitative estimate of drug-likeness (QED) is 0.161. The number of likely N-dealkylation sites (tertiary alicyclic amines) is 1. The van der Waals surface area contributed by atoms with E-state index in [4.69, 9.17) is 9.39 Å². The van der Waals surface area contributed by atoms with Crippen molar-refractivity contribution >= 4 is 30.3 Å². The molecule has 0 saturated carbocycles. The Morgan fingerprint density at radius 1 is 0.960 bits per heavy atom. The molecule has 1 unspecified atom stereocenters. The zero-order valence-electron chi connectivity index (χ0n) is 28.4. The number of nitrogens with zero attached hydrogens (tertiary/aromatic N) is 3. The molecule has 3 amide bonds. The van der Waals surface area contributed by atoms with E-state index in [1.165, 1.54) is 12.0 Å². The molecule has 0 spiro atoms. The lowest BCUT2D eigenvalue weighted by atomic mass is 9.80. The maximum Gasteiger partial charge on any atom is 0.491 e. The highest BCUT2D eigenvalue weighted by Crippen LogP contribution is 2.37. The molecule has 3 aromatic rings. The number of rotatable bonds is 12. The second-order valence-corrected chi connectivity index (χ2v) is 14.0. The van der Waals surface area contributed by atoms with Gasteiger partial charge in [-0.3, -0.25) is 19.7 Å². The molecule has 0 aliphatic carbocycles. The van der Waals surface area contributed by atoms with E-state index in [2.05, 4.69) is 22.4 Å². The second-order valence-electron chi connectivity index (χ2n) is 14.0. The van der Waals surface area contributed by atoms with Crippen LogP contribution in [0.4, 0.5) is 0 Å². The highest BCUT2D eigenvalue weighted by Gasteiger charge is 2.40. The lowest BCUT2D eigenvalue weighted by Crippen LogP contribution is -2.52. The van der Waals surface area contributed by atoms with Crippen LogP contribution in [0.25, 0.3) is 0 Å². The van der Waals surface area contributed by atoms with Crippen LogP contribution in [0.1, 0.15) is 102 Å². The number of hydrogen-bond donors (Lipinski definition) is 2. The molecule has 0 radical (unpaired) electrons. The Kier molecular flexibility index (Phi) is 10.3. The van der Waals surface area contributed by atoms with Gasteiger partial charge in [0.2, 0.25) is 11.8 Å². The fraction of sp³-hybridized carbons (Fsp3) is 0.436. The van der Waals surface area contributed by atoms with Gasteiger partial charge in [-0.1, -0.05) is 37.5 Å². The summed E-state index contributed by atoms with van der Waals surface area (Å²) in [6.45, 7) is 3.96. The van der Waals surface area contributed by atoms with Crippen molar-refractivity contribution in [3.05, 3.63) is 88.0 Å². The number of unbranched alkanes of at least 4 members (excludes halogenated alkanes) is 4. The average molecular weight is 675 g/mol. The standard InChI is InChI=1S/C39H43BN4O6/c41-23-28-10-11-30(50-31-12-13-35-29(22-31)25-49-40(35)48)21-27(28)7-4-2-1-3-5-18-43-19-16-26(17-20-43)32-8-6-9-33-34(32)24-44(39(33)47)36-14-15-37(45)42-38(36)46/h6,8-13,21-22,26,36,48H,1-5,7,14-20,24-25H2,(H,42,45,46). The van der Waals surface area contributed by atoms with Crippen molar-refractivity contribution in [3.8, 4) is 17.6 Å². The van der Waals surface area contributed by atoms with Crippen LogP contribution in [-0.2, 0) is 33.8 Å². The Labute approximate surface area is 293 Å². The number of aryl methyl sites for hydroxylation is 1. The van der Waals surface area contributed by atoms with E-state index in [-0.39, 0.29) is 24.1 Å². The molecule has 4 aliphatic heterocycles. The van der Waals surface area contributed by atoms with E-state index in [9.17, 15) is 24.7 Å². The number of amides is 3. The fourth-order valence-electron chi connectivity index (χ4n) is 8.00. The van der Waals surface area contributed by atoms with Crippen molar-refractivity contribution in [3.63, 3.8) is 0 Å². The zero-order chi connectivity index (χ0) is 34.6. The van der Waals surface area contributed by atoms with Crippen molar-refractivity contribution in [2.24, 2.45) is 0 Å². The molecular formula is C39H43BN4O6. The first-order chi connectivity index (χ1) is 24.4. The van der Waals surface area contributed by atoms with Crippen molar-refractivity contribution < 1.29 is 28.8 Å². The summed E-state index contributed by atoms with van der Waals surface area (Å²) in [5.74, 6) is 1.03.